The zero-order valence-corrected chi connectivity index (χ0v) is 9.48. The Hall–Kier alpha value is -2.10. The number of nitrogens with one attached hydrogen (secondary N) is 1. The van der Waals surface area contributed by atoms with Crippen LogP contribution in [0.4, 0.5) is 10.2 Å². The highest BCUT2D eigenvalue weighted by Crippen LogP contribution is 2.14. The molecule has 0 fully saturated rings. The smallest absolute Gasteiger partial charge is 0.126 e. The number of benzene rings is 1. The second-order valence-corrected chi connectivity index (χ2v) is 3.54. The standard InChI is InChI=1S/C13H13FN2O/c1-15-13-8-10(6-7-16-13)9-17-12-4-2-11(14)3-5-12/h2-8H,9H2,1H3,(H,15,16). The van der Waals surface area contributed by atoms with Crippen LogP contribution in [-0.4, -0.2) is 12.0 Å². The summed E-state index contributed by atoms with van der Waals surface area (Å²) in [7, 11) is 1.81. The molecule has 0 atom stereocenters. The second-order valence-electron chi connectivity index (χ2n) is 3.54. The van der Waals surface area contributed by atoms with Gasteiger partial charge in [-0.3, -0.25) is 0 Å². The Balaban J connectivity index is 1.99. The zero-order valence-electron chi connectivity index (χ0n) is 9.48. The van der Waals surface area contributed by atoms with Gasteiger partial charge in [-0.1, -0.05) is 0 Å². The molecule has 4 heteroatoms. The van der Waals surface area contributed by atoms with Gasteiger partial charge in [0.25, 0.3) is 0 Å². The van der Waals surface area contributed by atoms with Crippen molar-refractivity contribution >= 4 is 5.82 Å². The van der Waals surface area contributed by atoms with Gasteiger partial charge in [-0.2, -0.15) is 0 Å². The predicted molar refractivity (Wildman–Crippen MR) is 64.5 cm³/mol. The van der Waals surface area contributed by atoms with Gasteiger partial charge in [0, 0.05) is 13.2 Å². The number of hydrogen-bond acceptors (Lipinski definition) is 3. The minimum absolute atomic E-state index is 0.265. The van der Waals surface area contributed by atoms with Crippen molar-refractivity contribution in [3.8, 4) is 5.75 Å². The summed E-state index contributed by atoms with van der Waals surface area (Å²) in [5.74, 6) is 1.18. The lowest BCUT2D eigenvalue weighted by Crippen LogP contribution is -1.98. The zero-order chi connectivity index (χ0) is 12.1. The molecule has 3 nitrogen and oxygen atoms in total. The molecule has 0 unspecified atom stereocenters. The Morgan fingerprint density at radius 3 is 2.71 bits per heavy atom. The van der Waals surface area contributed by atoms with Crippen molar-refractivity contribution in [3.63, 3.8) is 0 Å². The summed E-state index contributed by atoms with van der Waals surface area (Å²) in [6, 6.07) is 9.75. The van der Waals surface area contributed by atoms with Crippen molar-refractivity contribution in [2.24, 2.45) is 0 Å². The van der Waals surface area contributed by atoms with Gasteiger partial charge < -0.3 is 10.1 Å². The Morgan fingerprint density at radius 1 is 1.24 bits per heavy atom. The Morgan fingerprint density at radius 2 is 2.00 bits per heavy atom. The largest absolute Gasteiger partial charge is 0.489 e. The van der Waals surface area contributed by atoms with Crippen molar-refractivity contribution in [3.05, 3.63) is 54.0 Å². The summed E-state index contributed by atoms with van der Waals surface area (Å²) >= 11 is 0. The van der Waals surface area contributed by atoms with Gasteiger partial charge in [-0.15, -0.1) is 0 Å². The summed E-state index contributed by atoms with van der Waals surface area (Å²) in [5, 5.41) is 2.96. The van der Waals surface area contributed by atoms with E-state index >= 15 is 0 Å². The molecular formula is C13H13FN2O. The van der Waals surface area contributed by atoms with E-state index in [9.17, 15) is 4.39 Å². The van der Waals surface area contributed by atoms with E-state index in [1.807, 2.05) is 19.2 Å². The highest BCUT2D eigenvalue weighted by atomic mass is 19.1. The van der Waals surface area contributed by atoms with Gasteiger partial charge in [-0.25, -0.2) is 9.37 Å². The number of ether oxygens (including phenoxy) is 1. The molecule has 1 heterocycles. The monoisotopic (exact) mass is 232 g/mol. The molecule has 0 saturated carbocycles. The van der Waals surface area contributed by atoms with Gasteiger partial charge in [-0.05, 0) is 42.0 Å². The third-order valence-corrected chi connectivity index (χ3v) is 2.30. The van der Waals surface area contributed by atoms with Crippen LogP contribution in [0.15, 0.2) is 42.6 Å². The van der Waals surface area contributed by atoms with Crippen LogP contribution >= 0.6 is 0 Å². The van der Waals surface area contributed by atoms with Crippen molar-refractivity contribution in [1.82, 2.24) is 4.98 Å². The van der Waals surface area contributed by atoms with Crippen LogP contribution < -0.4 is 10.1 Å². The lowest BCUT2D eigenvalue weighted by Gasteiger charge is -2.07. The first-order valence-electron chi connectivity index (χ1n) is 5.29. The van der Waals surface area contributed by atoms with Crippen LogP contribution in [-0.2, 0) is 6.61 Å². The molecule has 0 aliphatic heterocycles. The van der Waals surface area contributed by atoms with E-state index in [0.717, 1.165) is 11.4 Å². The highest BCUT2D eigenvalue weighted by molar-refractivity contribution is 5.36. The molecule has 2 aromatic rings. The van der Waals surface area contributed by atoms with Gasteiger partial charge in [0.15, 0.2) is 0 Å². The van der Waals surface area contributed by atoms with Gasteiger partial charge in [0.2, 0.25) is 0 Å². The van der Waals surface area contributed by atoms with Crippen LogP contribution in [0.3, 0.4) is 0 Å². The molecule has 17 heavy (non-hydrogen) atoms. The van der Waals surface area contributed by atoms with Crippen molar-refractivity contribution in [1.29, 1.82) is 0 Å². The minimum atomic E-state index is -0.265. The van der Waals surface area contributed by atoms with E-state index in [4.69, 9.17) is 4.74 Å². The number of halogens is 1. The van der Waals surface area contributed by atoms with Crippen LogP contribution in [0.2, 0.25) is 0 Å². The van der Waals surface area contributed by atoms with Gasteiger partial charge >= 0.3 is 0 Å². The fourth-order valence-corrected chi connectivity index (χ4v) is 1.40. The maximum atomic E-state index is 12.7. The third-order valence-electron chi connectivity index (χ3n) is 2.30. The average Bonchev–Trinajstić information content (AvgIpc) is 2.38. The Bertz CT molecular complexity index is 485. The van der Waals surface area contributed by atoms with Crippen molar-refractivity contribution in [2.75, 3.05) is 12.4 Å². The van der Waals surface area contributed by atoms with Crippen LogP contribution in [0.5, 0.6) is 5.75 Å². The highest BCUT2D eigenvalue weighted by Gasteiger charge is 1.98. The summed E-state index contributed by atoms with van der Waals surface area (Å²) in [5.41, 5.74) is 1.01. The molecule has 0 bridgehead atoms. The number of rotatable bonds is 4. The predicted octanol–water partition coefficient (Wildman–Crippen LogP) is 2.84. The maximum absolute atomic E-state index is 12.7. The van der Waals surface area contributed by atoms with Crippen LogP contribution in [0, 0.1) is 5.82 Å². The lowest BCUT2D eigenvalue weighted by atomic mass is 10.3. The molecule has 88 valence electrons. The third kappa shape index (κ3) is 3.17. The first-order chi connectivity index (χ1) is 8.28. The van der Waals surface area contributed by atoms with Gasteiger partial charge in [0.1, 0.15) is 24.0 Å². The Kier molecular flexibility index (Phi) is 3.55. The Labute approximate surface area is 99.3 Å². The van der Waals surface area contributed by atoms with E-state index < -0.39 is 0 Å². The molecule has 0 radical (unpaired) electrons. The summed E-state index contributed by atoms with van der Waals surface area (Å²) < 4.78 is 18.2. The molecule has 1 aromatic heterocycles. The fourth-order valence-electron chi connectivity index (χ4n) is 1.40. The van der Waals surface area contributed by atoms with E-state index in [0.29, 0.717) is 12.4 Å². The van der Waals surface area contributed by atoms with Crippen molar-refractivity contribution in [2.45, 2.75) is 6.61 Å². The van der Waals surface area contributed by atoms with Crippen molar-refractivity contribution < 1.29 is 9.13 Å². The van der Waals surface area contributed by atoms with E-state index in [1.165, 1.54) is 12.1 Å². The quantitative estimate of drug-likeness (QED) is 0.880. The molecule has 0 saturated heterocycles. The van der Waals surface area contributed by atoms with Crippen LogP contribution in [0.25, 0.3) is 0 Å². The number of hydrogen-bond donors (Lipinski definition) is 1. The fraction of sp³-hybridized carbons (Fsp3) is 0.154. The van der Waals surface area contributed by atoms with E-state index in [2.05, 4.69) is 10.3 Å². The molecule has 0 aliphatic carbocycles. The van der Waals surface area contributed by atoms with E-state index in [-0.39, 0.29) is 5.82 Å². The number of pyridine rings is 1. The molecule has 2 rings (SSSR count). The maximum Gasteiger partial charge on any atom is 0.126 e. The van der Waals surface area contributed by atoms with Gasteiger partial charge in [0.05, 0.1) is 0 Å². The van der Waals surface area contributed by atoms with E-state index in [1.54, 1.807) is 18.3 Å². The summed E-state index contributed by atoms with van der Waals surface area (Å²) in [6.45, 7) is 0.433. The minimum Gasteiger partial charge on any atom is -0.489 e. The SMILES string of the molecule is CNc1cc(COc2ccc(F)cc2)ccn1. The summed E-state index contributed by atoms with van der Waals surface area (Å²) in [4.78, 5) is 4.11. The molecule has 0 spiro atoms. The number of aromatic nitrogens is 1. The number of nitrogens with zero attached hydrogens (tertiary/aromatic N) is 1. The normalized spacial score (nSPS) is 10.0. The second kappa shape index (κ2) is 5.30. The number of anilines is 1. The lowest BCUT2D eigenvalue weighted by molar-refractivity contribution is 0.305. The molecular weight excluding hydrogens is 219 g/mol. The molecule has 0 aliphatic rings. The topological polar surface area (TPSA) is 34.1 Å². The first kappa shape index (κ1) is 11.4. The first-order valence-corrected chi connectivity index (χ1v) is 5.29. The summed E-state index contributed by atoms with van der Waals surface area (Å²) in [6.07, 6.45) is 1.72. The van der Waals surface area contributed by atoms with Crippen LogP contribution in [0.1, 0.15) is 5.56 Å². The molecule has 0 amide bonds. The molecule has 1 aromatic carbocycles. The molecule has 1 N–H and O–H groups in total. The average molecular weight is 232 g/mol.